The fourth-order valence-electron chi connectivity index (χ4n) is 1.65. The maximum atomic E-state index is 13.4. The van der Waals surface area contributed by atoms with Crippen LogP contribution < -0.4 is 5.32 Å². The first-order valence-electron chi connectivity index (χ1n) is 5.81. The molecule has 0 radical (unpaired) electrons. The minimum atomic E-state index is -1.64. The molecule has 20 heavy (non-hydrogen) atoms. The third kappa shape index (κ3) is 2.98. The van der Waals surface area contributed by atoms with E-state index < -0.39 is 28.9 Å². The number of nitrogens with zero attached hydrogens (tertiary/aromatic N) is 1. The largest absolute Gasteiger partial charge is 0.352 e. The summed E-state index contributed by atoms with van der Waals surface area (Å²) in [6.07, 6.45) is 0.549. The van der Waals surface area contributed by atoms with Crippen molar-refractivity contribution in [2.45, 2.75) is 13.3 Å². The van der Waals surface area contributed by atoms with Crippen LogP contribution in [0.4, 0.5) is 13.2 Å². The third-order valence-corrected chi connectivity index (χ3v) is 3.76. The van der Waals surface area contributed by atoms with Gasteiger partial charge in [-0.1, -0.05) is 0 Å². The molecule has 0 saturated heterocycles. The first-order chi connectivity index (χ1) is 9.50. The number of hydrogen-bond acceptors (Lipinski definition) is 3. The number of aromatic nitrogens is 1. The van der Waals surface area contributed by atoms with Crippen LogP contribution in [-0.4, -0.2) is 17.4 Å². The molecule has 0 bridgehead atoms. The molecule has 0 aliphatic carbocycles. The summed E-state index contributed by atoms with van der Waals surface area (Å²) in [5, 5.41) is 2.46. The lowest BCUT2D eigenvalue weighted by atomic mass is 10.2. The zero-order valence-electron chi connectivity index (χ0n) is 10.5. The van der Waals surface area contributed by atoms with Crippen molar-refractivity contribution in [3.05, 3.63) is 51.2 Å². The van der Waals surface area contributed by atoms with Crippen LogP contribution in [0.15, 0.2) is 17.6 Å². The lowest BCUT2D eigenvalue weighted by molar-refractivity contribution is 0.0949. The van der Waals surface area contributed by atoms with Crippen molar-refractivity contribution in [1.82, 2.24) is 10.3 Å². The summed E-state index contributed by atoms with van der Waals surface area (Å²) in [7, 11) is 0. The first-order valence-corrected chi connectivity index (χ1v) is 6.69. The number of rotatable bonds is 4. The Morgan fingerprint density at radius 3 is 2.70 bits per heavy atom. The number of thiazole rings is 1. The van der Waals surface area contributed by atoms with E-state index in [1.165, 1.54) is 11.3 Å². The Kier molecular flexibility index (Phi) is 4.39. The second-order valence-corrected chi connectivity index (χ2v) is 5.03. The van der Waals surface area contributed by atoms with Crippen molar-refractivity contribution in [1.29, 1.82) is 0 Å². The van der Waals surface area contributed by atoms with Gasteiger partial charge in [-0.15, -0.1) is 11.3 Å². The Labute approximate surface area is 117 Å². The van der Waals surface area contributed by atoms with Crippen LogP contribution in [0, 0.1) is 24.4 Å². The number of amides is 1. The zero-order valence-corrected chi connectivity index (χ0v) is 11.4. The van der Waals surface area contributed by atoms with Gasteiger partial charge in [-0.25, -0.2) is 18.2 Å². The molecule has 1 N–H and O–H groups in total. The van der Waals surface area contributed by atoms with Crippen LogP contribution in [0.3, 0.4) is 0 Å². The summed E-state index contributed by atoms with van der Waals surface area (Å²) < 4.78 is 39.2. The van der Waals surface area contributed by atoms with Gasteiger partial charge in [0.25, 0.3) is 5.91 Å². The zero-order chi connectivity index (χ0) is 14.7. The minimum absolute atomic E-state index is 0.264. The van der Waals surface area contributed by atoms with Gasteiger partial charge in [0.1, 0.15) is 0 Å². The molecule has 0 aliphatic heterocycles. The molecular weight excluding hydrogens is 289 g/mol. The van der Waals surface area contributed by atoms with E-state index >= 15 is 0 Å². The van der Waals surface area contributed by atoms with E-state index in [-0.39, 0.29) is 6.54 Å². The summed E-state index contributed by atoms with van der Waals surface area (Å²) in [5.41, 5.74) is 2.06. The second-order valence-electron chi connectivity index (χ2n) is 4.09. The van der Waals surface area contributed by atoms with E-state index in [4.69, 9.17) is 0 Å². The van der Waals surface area contributed by atoms with Crippen molar-refractivity contribution in [2.24, 2.45) is 0 Å². The Balaban J connectivity index is 1.99. The van der Waals surface area contributed by atoms with Gasteiger partial charge >= 0.3 is 0 Å². The van der Waals surface area contributed by atoms with Gasteiger partial charge in [-0.3, -0.25) is 4.79 Å². The standard InChI is InChI=1S/C13H11F3N2OS/c1-7-10(20-6-18-7)4-5-17-13(19)8-2-3-9(14)12(16)11(8)15/h2-3,6H,4-5H2,1H3,(H,17,19). The molecule has 0 unspecified atom stereocenters. The number of aryl methyl sites for hydroxylation is 1. The molecule has 1 aromatic carbocycles. The van der Waals surface area contributed by atoms with Crippen molar-refractivity contribution in [3.63, 3.8) is 0 Å². The van der Waals surface area contributed by atoms with E-state index in [1.807, 2.05) is 6.92 Å². The molecule has 0 aliphatic rings. The SMILES string of the molecule is Cc1ncsc1CCNC(=O)c1ccc(F)c(F)c1F. The second kappa shape index (κ2) is 6.04. The highest BCUT2D eigenvalue weighted by Gasteiger charge is 2.18. The molecular formula is C13H11F3N2OS. The lowest BCUT2D eigenvalue weighted by Gasteiger charge is -2.06. The minimum Gasteiger partial charge on any atom is -0.352 e. The summed E-state index contributed by atoms with van der Waals surface area (Å²) in [6, 6.07) is 1.64. The van der Waals surface area contributed by atoms with Crippen molar-refractivity contribution in [3.8, 4) is 0 Å². The number of carbonyl (C=O) groups is 1. The molecule has 106 valence electrons. The Morgan fingerprint density at radius 2 is 2.05 bits per heavy atom. The Morgan fingerprint density at radius 1 is 1.30 bits per heavy atom. The predicted molar refractivity (Wildman–Crippen MR) is 69.2 cm³/mol. The number of benzene rings is 1. The molecule has 1 aromatic heterocycles. The van der Waals surface area contributed by atoms with Crippen LogP contribution >= 0.6 is 11.3 Å². The quantitative estimate of drug-likeness (QED) is 0.882. The van der Waals surface area contributed by atoms with E-state index in [1.54, 1.807) is 5.51 Å². The van der Waals surface area contributed by atoms with Crippen LogP contribution in [0.2, 0.25) is 0 Å². The number of carbonyl (C=O) groups excluding carboxylic acids is 1. The van der Waals surface area contributed by atoms with Gasteiger partial charge < -0.3 is 5.32 Å². The highest BCUT2D eigenvalue weighted by Crippen LogP contribution is 2.15. The van der Waals surface area contributed by atoms with E-state index in [9.17, 15) is 18.0 Å². The molecule has 7 heteroatoms. The van der Waals surface area contributed by atoms with Crippen molar-refractivity contribution < 1.29 is 18.0 Å². The van der Waals surface area contributed by atoms with Gasteiger partial charge in [0.2, 0.25) is 0 Å². The lowest BCUT2D eigenvalue weighted by Crippen LogP contribution is -2.27. The molecule has 3 nitrogen and oxygen atoms in total. The van der Waals surface area contributed by atoms with Crippen LogP contribution in [0.5, 0.6) is 0 Å². The fraction of sp³-hybridized carbons (Fsp3) is 0.231. The highest BCUT2D eigenvalue weighted by molar-refractivity contribution is 7.09. The maximum Gasteiger partial charge on any atom is 0.254 e. The van der Waals surface area contributed by atoms with Crippen LogP contribution in [-0.2, 0) is 6.42 Å². The normalized spacial score (nSPS) is 10.6. The summed E-state index contributed by atoms with van der Waals surface area (Å²) in [5.74, 6) is -5.21. The number of nitrogens with one attached hydrogen (secondary N) is 1. The van der Waals surface area contributed by atoms with E-state index in [2.05, 4.69) is 10.3 Å². The molecule has 0 saturated carbocycles. The Bertz CT molecular complexity index is 643. The van der Waals surface area contributed by atoms with E-state index in [0.717, 1.165) is 22.7 Å². The van der Waals surface area contributed by atoms with Gasteiger partial charge in [0, 0.05) is 17.8 Å². The molecule has 2 rings (SSSR count). The summed E-state index contributed by atoms with van der Waals surface area (Å²) in [6.45, 7) is 2.11. The van der Waals surface area contributed by atoms with Crippen molar-refractivity contribution in [2.75, 3.05) is 6.54 Å². The summed E-state index contributed by atoms with van der Waals surface area (Å²) in [4.78, 5) is 16.8. The summed E-state index contributed by atoms with van der Waals surface area (Å²) >= 11 is 1.46. The third-order valence-electron chi connectivity index (χ3n) is 2.76. The molecule has 0 spiro atoms. The van der Waals surface area contributed by atoms with Crippen LogP contribution in [0.25, 0.3) is 0 Å². The Hall–Kier alpha value is -1.89. The predicted octanol–water partition coefficient (Wildman–Crippen LogP) is 2.84. The number of hydrogen-bond donors (Lipinski definition) is 1. The smallest absolute Gasteiger partial charge is 0.254 e. The number of halogens is 3. The molecule has 0 fully saturated rings. The van der Waals surface area contributed by atoms with E-state index in [0.29, 0.717) is 6.42 Å². The van der Waals surface area contributed by atoms with Crippen LogP contribution in [0.1, 0.15) is 20.9 Å². The first kappa shape index (κ1) is 14.5. The molecule has 1 heterocycles. The van der Waals surface area contributed by atoms with Gasteiger partial charge in [0.15, 0.2) is 17.5 Å². The monoisotopic (exact) mass is 300 g/mol. The topological polar surface area (TPSA) is 42.0 Å². The molecule has 1 amide bonds. The fourth-order valence-corrected chi connectivity index (χ4v) is 2.43. The van der Waals surface area contributed by atoms with Crippen molar-refractivity contribution >= 4 is 17.2 Å². The highest BCUT2D eigenvalue weighted by atomic mass is 32.1. The average Bonchev–Trinajstić information content (AvgIpc) is 2.82. The maximum absolute atomic E-state index is 13.4. The molecule has 0 atom stereocenters. The van der Waals surface area contributed by atoms with Gasteiger partial charge in [-0.05, 0) is 19.1 Å². The molecule has 2 aromatic rings. The average molecular weight is 300 g/mol. The van der Waals surface area contributed by atoms with Gasteiger partial charge in [-0.2, -0.15) is 0 Å². The van der Waals surface area contributed by atoms with Gasteiger partial charge in [0.05, 0.1) is 16.8 Å².